The SMILES string of the molecule is CCCN1CCCCC(CNC)C1c1ccc(C)o1. The van der Waals surface area contributed by atoms with Crippen molar-refractivity contribution in [3.05, 3.63) is 23.7 Å². The minimum absolute atomic E-state index is 0.448. The lowest BCUT2D eigenvalue weighted by molar-refractivity contribution is 0.132. The number of furan rings is 1. The molecular weight excluding hydrogens is 236 g/mol. The monoisotopic (exact) mass is 264 g/mol. The molecule has 1 saturated heterocycles. The maximum absolute atomic E-state index is 5.96. The Morgan fingerprint density at radius 2 is 2.21 bits per heavy atom. The van der Waals surface area contributed by atoms with E-state index in [1.165, 1.54) is 38.8 Å². The van der Waals surface area contributed by atoms with E-state index in [2.05, 4.69) is 36.3 Å². The Morgan fingerprint density at radius 3 is 2.84 bits per heavy atom. The van der Waals surface area contributed by atoms with Gasteiger partial charge in [0.25, 0.3) is 0 Å². The van der Waals surface area contributed by atoms with Gasteiger partial charge in [0.05, 0.1) is 6.04 Å². The first-order valence-electron chi connectivity index (χ1n) is 7.71. The molecule has 3 heteroatoms. The Bertz CT molecular complexity index is 359. The van der Waals surface area contributed by atoms with Gasteiger partial charge < -0.3 is 9.73 Å². The first-order chi connectivity index (χ1) is 9.26. The van der Waals surface area contributed by atoms with E-state index in [0.29, 0.717) is 12.0 Å². The molecule has 1 N–H and O–H groups in total. The van der Waals surface area contributed by atoms with Crippen molar-refractivity contribution in [2.45, 2.75) is 45.6 Å². The van der Waals surface area contributed by atoms with Crippen LogP contribution < -0.4 is 5.32 Å². The van der Waals surface area contributed by atoms with Crippen molar-refractivity contribution in [3.63, 3.8) is 0 Å². The Balaban J connectivity index is 2.25. The Labute approximate surface area is 117 Å². The number of nitrogens with one attached hydrogen (secondary N) is 1. The van der Waals surface area contributed by atoms with Gasteiger partial charge in [0.2, 0.25) is 0 Å². The van der Waals surface area contributed by atoms with E-state index in [4.69, 9.17) is 4.42 Å². The maximum atomic E-state index is 5.96. The van der Waals surface area contributed by atoms with Gasteiger partial charge in [-0.25, -0.2) is 0 Å². The number of hydrogen-bond acceptors (Lipinski definition) is 3. The molecule has 0 saturated carbocycles. The van der Waals surface area contributed by atoms with Crippen LogP contribution in [0.4, 0.5) is 0 Å². The minimum Gasteiger partial charge on any atom is -0.465 e. The van der Waals surface area contributed by atoms with Crippen LogP contribution in [0.3, 0.4) is 0 Å². The van der Waals surface area contributed by atoms with Crippen molar-refractivity contribution in [1.29, 1.82) is 0 Å². The van der Waals surface area contributed by atoms with Gasteiger partial charge in [0.1, 0.15) is 11.5 Å². The van der Waals surface area contributed by atoms with Gasteiger partial charge in [-0.05, 0) is 70.9 Å². The molecule has 1 aromatic heterocycles. The van der Waals surface area contributed by atoms with Gasteiger partial charge in [-0.1, -0.05) is 13.3 Å². The summed E-state index contributed by atoms with van der Waals surface area (Å²) in [5.41, 5.74) is 0. The lowest BCUT2D eigenvalue weighted by Gasteiger charge is -2.33. The van der Waals surface area contributed by atoms with E-state index in [0.717, 1.165) is 18.1 Å². The number of likely N-dealkylation sites (tertiary alicyclic amines) is 1. The summed E-state index contributed by atoms with van der Waals surface area (Å²) in [6.07, 6.45) is 5.16. The smallest absolute Gasteiger partial charge is 0.121 e. The second kappa shape index (κ2) is 7.11. The largest absolute Gasteiger partial charge is 0.465 e. The molecule has 2 heterocycles. The highest BCUT2D eigenvalue weighted by atomic mass is 16.3. The lowest BCUT2D eigenvalue weighted by Crippen LogP contribution is -2.36. The van der Waals surface area contributed by atoms with Crippen LogP contribution in [0.2, 0.25) is 0 Å². The number of aryl methyl sites for hydroxylation is 1. The predicted octanol–water partition coefficient (Wildman–Crippen LogP) is 3.36. The molecule has 3 nitrogen and oxygen atoms in total. The summed E-state index contributed by atoms with van der Waals surface area (Å²) < 4.78 is 5.96. The second-order valence-electron chi connectivity index (χ2n) is 5.74. The van der Waals surface area contributed by atoms with Gasteiger partial charge >= 0.3 is 0 Å². The predicted molar refractivity (Wildman–Crippen MR) is 79.3 cm³/mol. The summed E-state index contributed by atoms with van der Waals surface area (Å²) in [7, 11) is 2.06. The van der Waals surface area contributed by atoms with Crippen molar-refractivity contribution < 1.29 is 4.42 Å². The number of nitrogens with zero attached hydrogens (tertiary/aromatic N) is 1. The number of hydrogen-bond donors (Lipinski definition) is 1. The van der Waals surface area contributed by atoms with Crippen LogP contribution in [-0.4, -0.2) is 31.6 Å². The van der Waals surface area contributed by atoms with Crippen LogP contribution in [0, 0.1) is 12.8 Å². The van der Waals surface area contributed by atoms with Crippen molar-refractivity contribution >= 4 is 0 Å². The highest BCUT2D eigenvalue weighted by Crippen LogP contribution is 2.35. The van der Waals surface area contributed by atoms with E-state index in [1.54, 1.807) is 0 Å². The van der Waals surface area contributed by atoms with Crippen molar-refractivity contribution in [1.82, 2.24) is 10.2 Å². The minimum atomic E-state index is 0.448. The molecule has 0 spiro atoms. The molecule has 2 atom stereocenters. The van der Waals surface area contributed by atoms with Crippen LogP contribution in [0.25, 0.3) is 0 Å². The highest BCUT2D eigenvalue weighted by molar-refractivity contribution is 5.12. The van der Waals surface area contributed by atoms with Gasteiger partial charge in [-0.2, -0.15) is 0 Å². The third-order valence-corrected chi connectivity index (χ3v) is 4.14. The van der Waals surface area contributed by atoms with E-state index < -0.39 is 0 Å². The van der Waals surface area contributed by atoms with E-state index in [9.17, 15) is 0 Å². The van der Waals surface area contributed by atoms with E-state index in [-0.39, 0.29) is 0 Å². The van der Waals surface area contributed by atoms with Crippen molar-refractivity contribution in [3.8, 4) is 0 Å². The molecule has 0 aromatic carbocycles. The van der Waals surface area contributed by atoms with E-state index >= 15 is 0 Å². The van der Waals surface area contributed by atoms with Gasteiger partial charge in [-0.3, -0.25) is 4.90 Å². The highest BCUT2D eigenvalue weighted by Gasteiger charge is 2.32. The zero-order chi connectivity index (χ0) is 13.7. The summed E-state index contributed by atoms with van der Waals surface area (Å²) >= 11 is 0. The average molecular weight is 264 g/mol. The molecular formula is C16H28N2O. The van der Waals surface area contributed by atoms with Crippen LogP contribution in [-0.2, 0) is 0 Å². The first-order valence-corrected chi connectivity index (χ1v) is 7.71. The van der Waals surface area contributed by atoms with Crippen LogP contribution in [0.15, 0.2) is 16.5 Å². The summed E-state index contributed by atoms with van der Waals surface area (Å²) in [5.74, 6) is 2.84. The molecule has 2 rings (SSSR count). The normalized spacial score (nSPS) is 25.4. The summed E-state index contributed by atoms with van der Waals surface area (Å²) in [6, 6.07) is 4.72. The Hall–Kier alpha value is -0.800. The van der Waals surface area contributed by atoms with Crippen molar-refractivity contribution in [2.75, 3.05) is 26.7 Å². The Kier molecular flexibility index (Phi) is 5.46. The third-order valence-electron chi connectivity index (χ3n) is 4.14. The zero-order valence-electron chi connectivity index (χ0n) is 12.6. The first kappa shape index (κ1) is 14.6. The molecule has 2 unspecified atom stereocenters. The molecule has 0 bridgehead atoms. The van der Waals surface area contributed by atoms with Crippen LogP contribution >= 0.6 is 0 Å². The fraction of sp³-hybridized carbons (Fsp3) is 0.750. The molecule has 108 valence electrons. The molecule has 1 aliphatic heterocycles. The molecule has 0 radical (unpaired) electrons. The number of rotatable bonds is 5. The van der Waals surface area contributed by atoms with Crippen LogP contribution in [0.1, 0.15) is 50.2 Å². The molecule has 19 heavy (non-hydrogen) atoms. The Morgan fingerprint density at radius 1 is 1.37 bits per heavy atom. The molecule has 0 amide bonds. The van der Waals surface area contributed by atoms with Gasteiger partial charge in [0.15, 0.2) is 0 Å². The quantitative estimate of drug-likeness (QED) is 0.884. The topological polar surface area (TPSA) is 28.4 Å². The summed E-state index contributed by atoms with van der Waals surface area (Å²) in [6.45, 7) is 7.76. The fourth-order valence-corrected chi connectivity index (χ4v) is 3.36. The van der Waals surface area contributed by atoms with Gasteiger partial charge in [0, 0.05) is 0 Å². The maximum Gasteiger partial charge on any atom is 0.121 e. The lowest BCUT2D eigenvalue weighted by atomic mass is 9.92. The summed E-state index contributed by atoms with van der Waals surface area (Å²) in [5, 5.41) is 3.37. The van der Waals surface area contributed by atoms with E-state index in [1.807, 2.05) is 6.92 Å². The molecule has 1 fully saturated rings. The van der Waals surface area contributed by atoms with Gasteiger partial charge in [-0.15, -0.1) is 0 Å². The molecule has 1 aromatic rings. The molecule has 1 aliphatic rings. The average Bonchev–Trinajstić information content (AvgIpc) is 2.71. The standard InChI is InChI=1S/C16H28N2O/c1-4-10-18-11-6-5-7-14(12-17-3)16(18)15-9-8-13(2)19-15/h8-9,14,16-17H,4-7,10-12H2,1-3H3. The van der Waals surface area contributed by atoms with Crippen LogP contribution in [0.5, 0.6) is 0 Å². The second-order valence-corrected chi connectivity index (χ2v) is 5.74. The molecule has 0 aliphatic carbocycles. The third kappa shape index (κ3) is 3.61. The summed E-state index contributed by atoms with van der Waals surface area (Å²) in [4.78, 5) is 2.63. The zero-order valence-corrected chi connectivity index (χ0v) is 12.6. The fourth-order valence-electron chi connectivity index (χ4n) is 3.36. The van der Waals surface area contributed by atoms with Crippen molar-refractivity contribution in [2.24, 2.45) is 5.92 Å².